The highest BCUT2D eigenvalue weighted by Crippen LogP contribution is 2.53. The van der Waals surface area contributed by atoms with Crippen LogP contribution in [0.1, 0.15) is 32.1 Å². The van der Waals surface area contributed by atoms with Crippen molar-refractivity contribution in [2.45, 2.75) is 81.1 Å². The normalized spacial score (nSPS) is 45.8. The van der Waals surface area contributed by atoms with Gasteiger partial charge in [0.05, 0.1) is 18.6 Å². The maximum absolute atomic E-state index is 12.9. The second-order valence-electron chi connectivity index (χ2n) is 10.9. The van der Waals surface area contributed by atoms with Crippen molar-refractivity contribution in [3.8, 4) is 0 Å². The number of carbonyl (C=O) groups is 2. The Morgan fingerprint density at radius 1 is 1.00 bits per heavy atom. The number of carbonyl (C=O) groups excluding carboxylic acids is 2. The van der Waals surface area contributed by atoms with Crippen molar-refractivity contribution < 1.29 is 49.0 Å². The molecule has 0 aromatic carbocycles. The number of ether oxygens (including phenoxy) is 4. The molecule has 0 aromatic rings. The van der Waals surface area contributed by atoms with E-state index in [-0.39, 0.29) is 47.8 Å². The summed E-state index contributed by atoms with van der Waals surface area (Å²) in [5.74, 6) is -1.08. The number of allylic oxidation sites excluding steroid dienone is 1. The number of fused-ring (bicyclic) bond motifs is 3. The van der Waals surface area contributed by atoms with Crippen LogP contribution in [0, 0.1) is 23.7 Å². The standard InChI is InChI=1S/C26H37NO10/c1-11-3-5-14-16(9-27-8-13-4-6-19(29)34-13)25(33)37-24(14)20-12(2)17(7-15(11)20)35-26-23(32)22(31)21(30)18(10-28)36-26/h13-18,20-24,26-28,30-32H,1-10H2/t13-,14+,15+,16+,17+,18-,20+,21-,22+,23-,24+,26-/m1/s1. The van der Waals surface area contributed by atoms with Gasteiger partial charge in [-0.05, 0) is 37.2 Å². The molecule has 5 fully saturated rings. The van der Waals surface area contributed by atoms with Gasteiger partial charge in [0, 0.05) is 31.3 Å². The van der Waals surface area contributed by atoms with Crippen LogP contribution >= 0.6 is 0 Å². The summed E-state index contributed by atoms with van der Waals surface area (Å²) in [6.07, 6.45) is -4.87. The minimum absolute atomic E-state index is 0.0326. The van der Waals surface area contributed by atoms with E-state index in [0.717, 1.165) is 18.4 Å². The topological polar surface area (TPSA) is 164 Å². The third-order valence-electron chi connectivity index (χ3n) is 8.77. The number of aliphatic hydroxyl groups is 4. The molecule has 0 radical (unpaired) electrons. The van der Waals surface area contributed by atoms with E-state index in [1.54, 1.807) is 0 Å². The van der Waals surface area contributed by atoms with Gasteiger partial charge >= 0.3 is 11.9 Å². The Labute approximate surface area is 215 Å². The Morgan fingerprint density at radius 3 is 2.49 bits per heavy atom. The first-order valence-corrected chi connectivity index (χ1v) is 13.1. The zero-order chi connectivity index (χ0) is 26.4. The predicted octanol–water partition coefficient (Wildman–Crippen LogP) is -0.833. The molecule has 5 aliphatic rings. The van der Waals surface area contributed by atoms with Gasteiger partial charge in [-0.2, -0.15) is 0 Å². The molecule has 11 nitrogen and oxygen atoms in total. The van der Waals surface area contributed by atoms with Gasteiger partial charge < -0.3 is 44.7 Å². The third-order valence-corrected chi connectivity index (χ3v) is 8.77. The first-order valence-electron chi connectivity index (χ1n) is 13.1. The number of cyclic esters (lactones) is 1. The van der Waals surface area contributed by atoms with Gasteiger partial charge in [0.25, 0.3) is 0 Å². The third kappa shape index (κ3) is 4.98. The van der Waals surface area contributed by atoms with E-state index in [4.69, 9.17) is 18.9 Å². The first kappa shape index (κ1) is 26.7. The Bertz CT molecular complexity index is 923. The highest BCUT2D eigenvalue weighted by molar-refractivity contribution is 5.76. The van der Waals surface area contributed by atoms with Gasteiger partial charge in [0.1, 0.15) is 36.6 Å². The maximum Gasteiger partial charge on any atom is 0.310 e. The minimum Gasteiger partial charge on any atom is -0.461 e. The Hall–Kier alpha value is -1.86. The first-order chi connectivity index (χ1) is 17.7. The van der Waals surface area contributed by atoms with Crippen LogP contribution in [-0.4, -0.2) is 101 Å². The Kier molecular flexibility index (Phi) is 7.75. The fourth-order valence-corrected chi connectivity index (χ4v) is 6.66. The molecule has 2 saturated carbocycles. The van der Waals surface area contributed by atoms with Crippen LogP contribution in [0.25, 0.3) is 0 Å². The molecule has 0 aromatic heterocycles. The summed E-state index contributed by atoms with van der Waals surface area (Å²) in [7, 11) is 0. The van der Waals surface area contributed by atoms with E-state index in [9.17, 15) is 30.0 Å². The van der Waals surface area contributed by atoms with Gasteiger partial charge in [-0.1, -0.05) is 18.7 Å². The molecule has 3 saturated heterocycles. The van der Waals surface area contributed by atoms with Crippen molar-refractivity contribution in [3.05, 3.63) is 24.3 Å². The molecule has 5 N–H and O–H groups in total. The van der Waals surface area contributed by atoms with Gasteiger partial charge in [-0.3, -0.25) is 9.59 Å². The van der Waals surface area contributed by atoms with E-state index in [2.05, 4.69) is 18.5 Å². The zero-order valence-electron chi connectivity index (χ0n) is 20.7. The van der Waals surface area contributed by atoms with E-state index in [0.29, 0.717) is 37.9 Å². The second kappa shape index (κ2) is 10.7. The average Bonchev–Trinajstić information content (AvgIpc) is 3.50. The van der Waals surface area contributed by atoms with Gasteiger partial charge in [-0.25, -0.2) is 0 Å². The van der Waals surface area contributed by atoms with Crippen molar-refractivity contribution in [1.29, 1.82) is 0 Å². The largest absolute Gasteiger partial charge is 0.461 e. The highest BCUT2D eigenvalue weighted by Gasteiger charge is 2.56. The quantitative estimate of drug-likeness (QED) is 0.209. The van der Waals surface area contributed by atoms with E-state index >= 15 is 0 Å². The van der Waals surface area contributed by atoms with Crippen molar-refractivity contribution in [2.24, 2.45) is 23.7 Å². The number of aliphatic hydroxyl groups excluding tert-OH is 4. The molecule has 206 valence electrons. The van der Waals surface area contributed by atoms with Gasteiger partial charge in [0.2, 0.25) is 0 Å². The minimum atomic E-state index is -1.54. The fourth-order valence-electron chi connectivity index (χ4n) is 6.66. The summed E-state index contributed by atoms with van der Waals surface area (Å²) in [6.45, 7) is 8.95. The lowest BCUT2D eigenvalue weighted by Gasteiger charge is -2.40. The molecular weight excluding hydrogens is 486 g/mol. The van der Waals surface area contributed by atoms with Crippen LogP contribution in [-0.2, 0) is 28.5 Å². The van der Waals surface area contributed by atoms with Crippen molar-refractivity contribution >= 4 is 11.9 Å². The number of rotatable bonds is 7. The van der Waals surface area contributed by atoms with Crippen LogP contribution < -0.4 is 5.32 Å². The average molecular weight is 524 g/mol. The fraction of sp³-hybridized carbons (Fsp3) is 0.769. The Balaban J connectivity index is 1.26. The summed E-state index contributed by atoms with van der Waals surface area (Å²) in [4.78, 5) is 24.3. The lowest BCUT2D eigenvalue weighted by molar-refractivity contribution is -0.308. The molecule has 0 spiro atoms. The summed E-state index contributed by atoms with van der Waals surface area (Å²) in [6, 6.07) is 0. The summed E-state index contributed by atoms with van der Waals surface area (Å²) < 4.78 is 22.8. The van der Waals surface area contributed by atoms with Crippen molar-refractivity contribution in [3.63, 3.8) is 0 Å². The van der Waals surface area contributed by atoms with Gasteiger partial charge in [0.15, 0.2) is 6.29 Å². The molecule has 3 heterocycles. The van der Waals surface area contributed by atoms with Crippen LogP contribution in [0.3, 0.4) is 0 Å². The zero-order valence-corrected chi connectivity index (χ0v) is 20.7. The molecule has 11 heteroatoms. The summed E-state index contributed by atoms with van der Waals surface area (Å²) in [5.41, 5.74) is 1.74. The smallest absolute Gasteiger partial charge is 0.310 e. The molecule has 0 unspecified atom stereocenters. The summed E-state index contributed by atoms with van der Waals surface area (Å²) in [5, 5.41) is 43.4. The number of hydrogen-bond donors (Lipinski definition) is 5. The molecule has 0 amide bonds. The summed E-state index contributed by atoms with van der Waals surface area (Å²) >= 11 is 0. The van der Waals surface area contributed by atoms with Crippen LogP contribution in [0.5, 0.6) is 0 Å². The van der Waals surface area contributed by atoms with Crippen LogP contribution in [0.2, 0.25) is 0 Å². The highest BCUT2D eigenvalue weighted by atomic mass is 16.7. The molecular formula is C26H37NO10. The van der Waals surface area contributed by atoms with Crippen LogP contribution in [0.4, 0.5) is 0 Å². The van der Waals surface area contributed by atoms with Crippen molar-refractivity contribution in [2.75, 3.05) is 19.7 Å². The monoisotopic (exact) mass is 523 g/mol. The van der Waals surface area contributed by atoms with Crippen LogP contribution in [0.15, 0.2) is 24.3 Å². The SMILES string of the molecule is C=C1[C@@H]2[C@H]3OC(=O)[C@@H](CNC[C@H]4CCC(=O)O4)[C@@H]3CCC(=C)[C@@H]2C[C@@H]1O[C@@H]1O[C@H](CO)[C@@H](O)[C@H](O)[C@H]1O. The van der Waals surface area contributed by atoms with Crippen molar-refractivity contribution in [1.82, 2.24) is 5.32 Å². The van der Waals surface area contributed by atoms with E-state index in [1.807, 2.05) is 0 Å². The number of esters is 2. The van der Waals surface area contributed by atoms with Gasteiger partial charge in [-0.15, -0.1) is 0 Å². The lowest BCUT2D eigenvalue weighted by atomic mass is 9.79. The lowest BCUT2D eigenvalue weighted by Crippen LogP contribution is -2.59. The molecule has 12 atom stereocenters. The van der Waals surface area contributed by atoms with E-state index < -0.39 is 43.4 Å². The number of nitrogens with one attached hydrogen (secondary N) is 1. The van der Waals surface area contributed by atoms with E-state index in [1.165, 1.54) is 0 Å². The molecule has 5 rings (SSSR count). The number of hydrogen-bond acceptors (Lipinski definition) is 11. The Morgan fingerprint density at radius 2 is 1.78 bits per heavy atom. The molecule has 3 aliphatic heterocycles. The second-order valence-corrected chi connectivity index (χ2v) is 10.9. The molecule has 2 aliphatic carbocycles. The maximum atomic E-state index is 12.9. The molecule has 0 bridgehead atoms. The predicted molar refractivity (Wildman–Crippen MR) is 127 cm³/mol. The molecule has 37 heavy (non-hydrogen) atoms.